The van der Waals surface area contributed by atoms with E-state index in [1.165, 1.54) is 6.92 Å². The average molecular weight is 304 g/mol. The molecule has 0 aromatic carbocycles. The van der Waals surface area contributed by atoms with Gasteiger partial charge in [0.05, 0.1) is 17.7 Å². The van der Waals surface area contributed by atoms with Gasteiger partial charge in [0, 0.05) is 32.5 Å². The van der Waals surface area contributed by atoms with Crippen LogP contribution in [0.5, 0.6) is 0 Å². The molecule has 2 aliphatic rings. The fourth-order valence-electron chi connectivity index (χ4n) is 3.19. The number of imide groups is 1. The van der Waals surface area contributed by atoms with Gasteiger partial charge in [0.25, 0.3) is 0 Å². The van der Waals surface area contributed by atoms with Gasteiger partial charge in [-0.2, -0.15) is 5.10 Å². The number of carbonyl (C=O) groups excluding carboxylic acids is 3. The Kier molecular flexibility index (Phi) is 3.40. The number of aromatic nitrogens is 2. The Hall–Kier alpha value is -2.02. The minimum absolute atomic E-state index is 0.0994. The number of hydrogen-bond acceptors (Lipinski definition) is 5. The standard InChI is InChI=1S/C15H20N4O3/c1-9(2)18-6-11-4-12(10(3)20)17-19(11)8-15(7-18)5-13(21)16-14(15)22/h4,9H,5-8H2,1-3H3,(H,16,21,22). The van der Waals surface area contributed by atoms with E-state index in [9.17, 15) is 14.4 Å². The number of nitrogens with zero attached hydrogens (tertiary/aromatic N) is 3. The summed E-state index contributed by atoms with van der Waals surface area (Å²) in [5.41, 5.74) is 0.510. The summed E-state index contributed by atoms with van der Waals surface area (Å²) >= 11 is 0. The third-order valence-electron chi connectivity index (χ3n) is 4.51. The molecular formula is C15H20N4O3. The van der Waals surface area contributed by atoms with E-state index >= 15 is 0 Å². The summed E-state index contributed by atoms with van der Waals surface area (Å²) in [7, 11) is 0. The van der Waals surface area contributed by atoms with Crippen LogP contribution >= 0.6 is 0 Å². The zero-order valence-corrected chi connectivity index (χ0v) is 13.0. The van der Waals surface area contributed by atoms with Crippen LogP contribution in [0, 0.1) is 5.41 Å². The molecule has 2 aliphatic heterocycles. The lowest BCUT2D eigenvalue weighted by molar-refractivity contribution is -0.130. The second-order valence-corrected chi connectivity index (χ2v) is 6.57. The van der Waals surface area contributed by atoms with Crippen LogP contribution in [0.1, 0.15) is 43.4 Å². The van der Waals surface area contributed by atoms with Crippen molar-refractivity contribution in [2.24, 2.45) is 5.41 Å². The van der Waals surface area contributed by atoms with Crippen LogP contribution in [-0.2, 0) is 22.7 Å². The molecule has 0 bridgehead atoms. The maximum absolute atomic E-state index is 12.4. The minimum Gasteiger partial charge on any atom is -0.296 e. The van der Waals surface area contributed by atoms with Crippen LogP contribution in [0.25, 0.3) is 0 Å². The Labute approximate surface area is 128 Å². The normalized spacial score (nSPS) is 25.5. The highest BCUT2D eigenvalue weighted by atomic mass is 16.2. The molecule has 1 unspecified atom stereocenters. The number of carbonyl (C=O) groups is 3. The Bertz CT molecular complexity index is 664. The summed E-state index contributed by atoms with van der Waals surface area (Å²) in [5.74, 6) is -0.579. The summed E-state index contributed by atoms with van der Waals surface area (Å²) in [6, 6.07) is 2.01. The molecule has 1 aromatic heterocycles. The molecule has 118 valence electrons. The van der Waals surface area contributed by atoms with E-state index < -0.39 is 5.41 Å². The van der Waals surface area contributed by atoms with E-state index in [0.717, 1.165) is 5.69 Å². The molecule has 1 aromatic rings. The van der Waals surface area contributed by atoms with E-state index in [1.54, 1.807) is 10.7 Å². The van der Waals surface area contributed by atoms with E-state index in [4.69, 9.17) is 0 Å². The predicted octanol–water partition coefficient (Wildman–Crippen LogP) is 0.343. The van der Waals surface area contributed by atoms with Crippen molar-refractivity contribution in [3.63, 3.8) is 0 Å². The zero-order chi connectivity index (χ0) is 16.1. The second-order valence-electron chi connectivity index (χ2n) is 6.57. The molecule has 1 spiro atoms. The van der Waals surface area contributed by atoms with Crippen LogP contribution in [-0.4, -0.2) is 44.9 Å². The smallest absolute Gasteiger partial charge is 0.236 e. The highest BCUT2D eigenvalue weighted by Gasteiger charge is 2.50. The lowest BCUT2D eigenvalue weighted by Crippen LogP contribution is -2.45. The van der Waals surface area contributed by atoms with Crippen molar-refractivity contribution in [1.82, 2.24) is 20.0 Å². The van der Waals surface area contributed by atoms with E-state index in [-0.39, 0.29) is 30.1 Å². The fraction of sp³-hybridized carbons (Fsp3) is 0.600. The number of rotatable bonds is 2. The number of hydrogen-bond donors (Lipinski definition) is 1. The van der Waals surface area contributed by atoms with Crippen molar-refractivity contribution in [3.8, 4) is 0 Å². The van der Waals surface area contributed by atoms with Gasteiger partial charge in [-0.1, -0.05) is 0 Å². The molecule has 7 heteroatoms. The highest BCUT2D eigenvalue weighted by Crippen LogP contribution is 2.35. The Morgan fingerprint density at radius 1 is 1.36 bits per heavy atom. The van der Waals surface area contributed by atoms with Crippen molar-refractivity contribution < 1.29 is 14.4 Å². The molecule has 1 atom stereocenters. The van der Waals surface area contributed by atoms with E-state index in [1.807, 2.05) is 0 Å². The van der Waals surface area contributed by atoms with E-state index in [2.05, 4.69) is 29.2 Å². The molecule has 0 aliphatic carbocycles. The van der Waals surface area contributed by atoms with Crippen molar-refractivity contribution >= 4 is 17.6 Å². The molecule has 1 N–H and O–H groups in total. The fourth-order valence-corrected chi connectivity index (χ4v) is 3.19. The average Bonchev–Trinajstić information content (AvgIpc) is 2.86. The quantitative estimate of drug-likeness (QED) is 0.629. The van der Waals surface area contributed by atoms with Crippen LogP contribution < -0.4 is 5.32 Å². The number of nitrogens with one attached hydrogen (secondary N) is 1. The summed E-state index contributed by atoms with van der Waals surface area (Å²) in [6.45, 7) is 7.04. The first kappa shape index (κ1) is 14.9. The number of amides is 2. The zero-order valence-electron chi connectivity index (χ0n) is 13.0. The first-order valence-electron chi connectivity index (χ1n) is 7.47. The SMILES string of the molecule is CC(=O)c1cc2n(n1)CC1(CC(=O)NC1=O)CN(C(C)C)C2. The summed E-state index contributed by atoms with van der Waals surface area (Å²) < 4.78 is 1.72. The lowest BCUT2D eigenvalue weighted by Gasteiger charge is -2.31. The summed E-state index contributed by atoms with van der Waals surface area (Å²) in [4.78, 5) is 37.8. The van der Waals surface area contributed by atoms with Gasteiger partial charge >= 0.3 is 0 Å². The summed E-state index contributed by atoms with van der Waals surface area (Å²) in [5, 5.41) is 6.74. The van der Waals surface area contributed by atoms with Gasteiger partial charge < -0.3 is 0 Å². The van der Waals surface area contributed by atoms with Gasteiger partial charge in [0.1, 0.15) is 5.69 Å². The van der Waals surface area contributed by atoms with Crippen LogP contribution in [0.2, 0.25) is 0 Å². The number of fused-ring (bicyclic) bond motifs is 1. The molecule has 3 heterocycles. The monoisotopic (exact) mass is 304 g/mol. The third kappa shape index (κ3) is 2.35. The lowest BCUT2D eigenvalue weighted by atomic mass is 9.85. The Balaban J connectivity index is 2.05. The van der Waals surface area contributed by atoms with Crippen molar-refractivity contribution in [2.45, 2.75) is 46.3 Å². The largest absolute Gasteiger partial charge is 0.296 e. The molecule has 1 fully saturated rings. The van der Waals surface area contributed by atoms with Gasteiger partial charge in [-0.25, -0.2) is 0 Å². The van der Waals surface area contributed by atoms with Gasteiger partial charge in [0.2, 0.25) is 11.8 Å². The van der Waals surface area contributed by atoms with Crippen LogP contribution in [0.4, 0.5) is 0 Å². The van der Waals surface area contributed by atoms with Gasteiger partial charge in [-0.05, 0) is 19.9 Å². The first-order chi connectivity index (χ1) is 10.3. The van der Waals surface area contributed by atoms with Crippen molar-refractivity contribution in [2.75, 3.05) is 6.54 Å². The maximum atomic E-state index is 12.4. The number of ketones is 1. The van der Waals surface area contributed by atoms with E-state index in [0.29, 0.717) is 25.3 Å². The topological polar surface area (TPSA) is 84.3 Å². The minimum atomic E-state index is -0.799. The number of Topliss-reactive ketones (excluding diaryl/α,β-unsaturated/α-hetero) is 1. The van der Waals surface area contributed by atoms with Crippen molar-refractivity contribution in [3.05, 3.63) is 17.5 Å². The molecule has 1 saturated heterocycles. The predicted molar refractivity (Wildman–Crippen MR) is 78.0 cm³/mol. The van der Waals surface area contributed by atoms with Gasteiger partial charge in [-0.15, -0.1) is 0 Å². The Morgan fingerprint density at radius 2 is 2.09 bits per heavy atom. The van der Waals surface area contributed by atoms with Crippen molar-refractivity contribution in [1.29, 1.82) is 0 Å². The molecule has 2 amide bonds. The molecule has 22 heavy (non-hydrogen) atoms. The van der Waals surface area contributed by atoms with Gasteiger partial charge in [0.15, 0.2) is 5.78 Å². The molecule has 0 saturated carbocycles. The Morgan fingerprint density at radius 3 is 2.64 bits per heavy atom. The second kappa shape index (κ2) is 5.01. The highest BCUT2D eigenvalue weighted by molar-refractivity contribution is 6.06. The van der Waals surface area contributed by atoms with Crippen LogP contribution in [0.3, 0.4) is 0 Å². The third-order valence-corrected chi connectivity index (χ3v) is 4.51. The van der Waals surface area contributed by atoms with Crippen LogP contribution in [0.15, 0.2) is 6.07 Å². The molecule has 3 rings (SSSR count). The molecule has 0 radical (unpaired) electrons. The molecule has 7 nitrogen and oxygen atoms in total. The molecular weight excluding hydrogens is 284 g/mol. The van der Waals surface area contributed by atoms with Gasteiger partial charge in [-0.3, -0.25) is 29.3 Å². The summed E-state index contributed by atoms with van der Waals surface area (Å²) in [6.07, 6.45) is 0.170. The maximum Gasteiger partial charge on any atom is 0.236 e. The first-order valence-corrected chi connectivity index (χ1v) is 7.47.